The summed E-state index contributed by atoms with van der Waals surface area (Å²) in [4.78, 5) is 24.4. The van der Waals surface area contributed by atoms with Crippen molar-refractivity contribution in [2.75, 3.05) is 0 Å². The van der Waals surface area contributed by atoms with Gasteiger partial charge >= 0.3 is 5.97 Å². The molecule has 27 heavy (non-hydrogen) atoms. The van der Waals surface area contributed by atoms with Crippen LogP contribution >= 0.6 is 0 Å². The molecule has 0 amide bonds. The van der Waals surface area contributed by atoms with Crippen molar-refractivity contribution in [3.63, 3.8) is 0 Å². The number of nitrogens with zero attached hydrogens (tertiary/aromatic N) is 3. The fraction of sp³-hybridized carbons (Fsp3) is 0. The molecule has 4 rings (SSSR count). The van der Waals surface area contributed by atoms with Gasteiger partial charge in [-0.05, 0) is 59.7 Å². The van der Waals surface area contributed by atoms with Crippen LogP contribution in [-0.2, 0) is 0 Å². The van der Waals surface area contributed by atoms with Crippen LogP contribution in [0.25, 0.3) is 33.6 Å². The molecule has 0 radical (unpaired) electrons. The van der Waals surface area contributed by atoms with E-state index in [2.05, 4.69) is 9.97 Å². The van der Waals surface area contributed by atoms with Gasteiger partial charge in [0, 0.05) is 35.9 Å². The highest BCUT2D eigenvalue weighted by molar-refractivity contribution is 5.89. The normalized spacial score (nSPS) is 10.5. The Kier molecular flexibility index (Phi) is 4.41. The number of hydrogen-bond acceptors (Lipinski definition) is 4. The number of hydrogen-bond donors (Lipinski definition) is 1. The molecule has 1 N–H and O–H groups in total. The predicted octanol–water partition coefficient (Wildman–Crippen LogP) is 4.57. The monoisotopic (exact) mass is 353 g/mol. The van der Waals surface area contributed by atoms with Crippen LogP contribution in [0.15, 0.2) is 85.5 Å². The molecule has 0 fully saturated rings. The highest BCUT2D eigenvalue weighted by atomic mass is 16.4. The first-order valence-electron chi connectivity index (χ1n) is 8.37. The maximum absolute atomic E-state index is 11.3. The first-order chi connectivity index (χ1) is 13.2. The van der Waals surface area contributed by atoms with Crippen molar-refractivity contribution < 1.29 is 9.90 Å². The zero-order valence-corrected chi connectivity index (χ0v) is 14.3. The van der Waals surface area contributed by atoms with E-state index in [1.165, 1.54) is 0 Å². The fourth-order valence-electron chi connectivity index (χ4n) is 2.85. The van der Waals surface area contributed by atoms with Crippen molar-refractivity contribution in [3.8, 4) is 33.6 Å². The quantitative estimate of drug-likeness (QED) is 0.581. The number of aromatic nitrogens is 3. The van der Waals surface area contributed by atoms with Gasteiger partial charge in [0.15, 0.2) is 0 Å². The van der Waals surface area contributed by atoms with Crippen molar-refractivity contribution in [2.45, 2.75) is 0 Å². The molecule has 0 aliphatic heterocycles. The van der Waals surface area contributed by atoms with Crippen LogP contribution in [-0.4, -0.2) is 26.0 Å². The van der Waals surface area contributed by atoms with E-state index in [0.717, 1.165) is 33.6 Å². The molecule has 4 aromatic rings. The summed E-state index contributed by atoms with van der Waals surface area (Å²) >= 11 is 0. The molecule has 0 aliphatic carbocycles. The molecule has 5 heteroatoms. The van der Waals surface area contributed by atoms with Crippen LogP contribution in [0, 0.1) is 0 Å². The summed E-state index contributed by atoms with van der Waals surface area (Å²) in [5, 5.41) is 9.29. The minimum absolute atomic E-state index is 0.246. The summed E-state index contributed by atoms with van der Waals surface area (Å²) in [6.45, 7) is 0. The van der Waals surface area contributed by atoms with Crippen LogP contribution in [0.2, 0.25) is 0 Å². The van der Waals surface area contributed by atoms with E-state index in [1.54, 1.807) is 43.0 Å². The van der Waals surface area contributed by atoms with Gasteiger partial charge in [0.05, 0.1) is 17.0 Å². The van der Waals surface area contributed by atoms with Gasteiger partial charge in [0.25, 0.3) is 0 Å². The lowest BCUT2D eigenvalue weighted by atomic mass is 9.99. The second kappa shape index (κ2) is 7.17. The number of aromatic carboxylic acids is 1. The van der Waals surface area contributed by atoms with Gasteiger partial charge in [-0.2, -0.15) is 0 Å². The molecule has 0 bridgehead atoms. The Morgan fingerprint density at radius 3 is 1.81 bits per heavy atom. The van der Waals surface area contributed by atoms with Gasteiger partial charge in [0.1, 0.15) is 0 Å². The van der Waals surface area contributed by atoms with E-state index in [0.29, 0.717) is 0 Å². The van der Waals surface area contributed by atoms with Crippen LogP contribution in [0.3, 0.4) is 0 Å². The van der Waals surface area contributed by atoms with E-state index in [4.69, 9.17) is 4.98 Å². The summed E-state index contributed by atoms with van der Waals surface area (Å²) in [6.07, 6.45) is 6.94. The lowest BCUT2D eigenvalue weighted by molar-refractivity contribution is 0.0697. The van der Waals surface area contributed by atoms with Crippen molar-refractivity contribution in [2.24, 2.45) is 0 Å². The SMILES string of the molecule is O=C(O)c1cccc(-c2cc(-c3cccnc3)nc(-c3cccnc3)c2)c1. The van der Waals surface area contributed by atoms with Crippen LogP contribution in [0.5, 0.6) is 0 Å². The molecule has 0 aliphatic rings. The van der Waals surface area contributed by atoms with E-state index in [1.807, 2.05) is 42.5 Å². The molecule has 1 aromatic carbocycles. The molecule has 0 spiro atoms. The van der Waals surface area contributed by atoms with Gasteiger partial charge in [-0.3, -0.25) is 9.97 Å². The number of carboxylic acid groups (broad SMARTS) is 1. The van der Waals surface area contributed by atoms with Gasteiger partial charge in [0.2, 0.25) is 0 Å². The largest absolute Gasteiger partial charge is 0.478 e. The standard InChI is InChI=1S/C22H15N3O2/c26-22(27)16-5-1-4-15(10-16)19-11-20(17-6-2-8-23-13-17)25-21(12-19)18-7-3-9-24-14-18/h1-14H,(H,26,27). The number of carboxylic acids is 1. The molecule has 0 atom stereocenters. The molecule has 0 saturated heterocycles. The lowest BCUT2D eigenvalue weighted by Gasteiger charge is -2.10. The Hall–Kier alpha value is -3.86. The van der Waals surface area contributed by atoms with Crippen LogP contribution in [0.1, 0.15) is 10.4 Å². The first kappa shape index (κ1) is 16.6. The predicted molar refractivity (Wildman–Crippen MR) is 103 cm³/mol. The zero-order valence-electron chi connectivity index (χ0n) is 14.3. The maximum Gasteiger partial charge on any atom is 0.335 e. The van der Waals surface area contributed by atoms with Crippen LogP contribution < -0.4 is 0 Å². The maximum atomic E-state index is 11.3. The van der Waals surface area contributed by atoms with Gasteiger partial charge < -0.3 is 5.11 Å². The Morgan fingerprint density at radius 2 is 1.30 bits per heavy atom. The highest BCUT2D eigenvalue weighted by Gasteiger charge is 2.11. The molecule has 5 nitrogen and oxygen atoms in total. The Balaban J connectivity index is 1.91. The molecule has 3 aromatic heterocycles. The van der Waals surface area contributed by atoms with Crippen molar-refractivity contribution in [1.82, 2.24) is 15.0 Å². The first-order valence-corrected chi connectivity index (χ1v) is 8.37. The Morgan fingerprint density at radius 1 is 0.704 bits per heavy atom. The van der Waals surface area contributed by atoms with Gasteiger partial charge in [-0.15, -0.1) is 0 Å². The minimum atomic E-state index is -0.953. The second-order valence-electron chi connectivity index (χ2n) is 6.00. The third-order valence-corrected chi connectivity index (χ3v) is 4.18. The molecule has 0 saturated carbocycles. The summed E-state index contributed by atoms with van der Waals surface area (Å²) < 4.78 is 0. The van der Waals surface area contributed by atoms with E-state index >= 15 is 0 Å². The molecular weight excluding hydrogens is 338 g/mol. The number of pyridine rings is 3. The third kappa shape index (κ3) is 3.57. The smallest absolute Gasteiger partial charge is 0.335 e. The van der Waals surface area contributed by atoms with E-state index in [9.17, 15) is 9.90 Å². The minimum Gasteiger partial charge on any atom is -0.478 e. The van der Waals surface area contributed by atoms with Crippen molar-refractivity contribution >= 4 is 5.97 Å². The zero-order chi connectivity index (χ0) is 18.6. The number of benzene rings is 1. The summed E-state index contributed by atoms with van der Waals surface area (Å²) in [5.74, 6) is -0.953. The Bertz CT molecular complexity index is 1040. The van der Waals surface area contributed by atoms with Crippen LogP contribution in [0.4, 0.5) is 0 Å². The van der Waals surface area contributed by atoms with E-state index in [-0.39, 0.29) is 5.56 Å². The summed E-state index contributed by atoms with van der Waals surface area (Å²) in [7, 11) is 0. The van der Waals surface area contributed by atoms with E-state index < -0.39 is 5.97 Å². The molecular formula is C22H15N3O2. The second-order valence-corrected chi connectivity index (χ2v) is 6.00. The number of carbonyl (C=O) groups is 1. The average molecular weight is 353 g/mol. The molecule has 0 unspecified atom stereocenters. The summed E-state index contributed by atoms with van der Waals surface area (Å²) in [5.41, 5.74) is 5.24. The molecule has 3 heterocycles. The van der Waals surface area contributed by atoms with Crippen molar-refractivity contribution in [1.29, 1.82) is 0 Å². The van der Waals surface area contributed by atoms with Gasteiger partial charge in [-0.1, -0.05) is 12.1 Å². The Labute approximate surface area is 156 Å². The fourth-order valence-corrected chi connectivity index (χ4v) is 2.85. The summed E-state index contributed by atoms with van der Waals surface area (Å²) in [6, 6.07) is 18.4. The number of rotatable bonds is 4. The van der Waals surface area contributed by atoms with Crippen molar-refractivity contribution in [3.05, 3.63) is 91.0 Å². The average Bonchev–Trinajstić information content (AvgIpc) is 2.75. The lowest BCUT2D eigenvalue weighted by Crippen LogP contribution is -1.96. The van der Waals surface area contributed by atoms with Gasteiger partial charge in [-0.25, -0.2) is 9.78 Å². The third-order valence-electron chi connectivity index (χ3n) is 4.18. The topological polar surface area (TPSA) is 76.0 Å². The highest BCUT2D eigenvalue weighted by Crippen LogP contribution is 2.30. The molecule has 130 valence electrons.